The molecule has 0 amide bonds. The van der Waals surface area contributed by atoms with Crippen LogP contribution in [0.15, 0.2) is 17.4 Å². The molecular formula is C11H15N3. The molecule has 1 aromatic heterocycles. The second-order valence-electron chi connectivity index (χ2n) is 4.25. The highest BCUT2D eigenvalue weighted by molar-refractivity contribution is 5.78. The third-order valence-electron chi connectivity index (χ3n) is 2.97. The fourth-order valence-corrected chi connectivity index (χ4v) is 1.37. The molecule has 0 spiro atoms. The van der Waals surface area contributed by atoms with E-state index in [9.17, 15) is 0 Å². The van der Waals surface area contributed by atoms with Gasteiger partial charge in [-0.1, -0.05) is 26.8 Å². The van der Waals surface area contributed by atoms with Crippen molar-refractivity contribution in [1.82, 2.24) is 9.97 Å². The molecule has 1 aliphatic heterocycles. The van der Waals surface area contributed by atoms with Crippen LogP contribution in [0.5, 0.6) is 0 Å². The molecule has 0 fully saturated rings. The van der Waals surface area contributed by atoms with Crippen molar-refractivity contribution in [2.24, 2.45) is 16.3 Å². The van der Waals surface area contributed by atoms with Gasteiger partial charge in [0, 0.05) is 11.6 Å². The second kappa shape index (κ2) is 3.08. The lowest BCUT2D eigenvalue weighted by Crippen LogP contribution is -2.21. The molecule has 0 bridgehead atoms. The van der Waals surface area contributed by atoms with E-state index in [1.807, 2.05) is 6.21 Å². The molecular weight excluding hydrogens is 174 g/mol. The van der Waals surface area contributed by atoms with Crippen LogP contribution in [-0.2, 0) is 0 Å². The SMILES string of the molecule is CC(C)C1(C)C=Cc2[nH]cnc2N=C1. The second-order valence-corrected chi connectivity index (χ2v) is 4.25. The topological polar surface area (TPSA) is 41.0 Å². The van der Waals surface area contributed by atoms with Crippen LogP contribution in [0.25, 0.3) is 6.08 Å². The van der Waals surface area contributed by atoms with Gasteiger partial charge in [0.05, 0.1) is 12.0 Å². The van der Waals surface area contributed by atoms with E-state index < -0.39 is 0 Å². The highest BCUT2D eigenvalue weighted by Gasteiger charge is 2.24. The zero-order chi connectivity index (χ0) is 10.2. The van der Waals surface area contributed by atoms with Crippen LogP contribution in [0.2, 0.25) is 0 Å². The van der Waals surface area contributed by atoms with Gasteiger partial charge in [0.2, 0.25) is 0 Å². The minimum atomic E-state index is 0.0293. The maximum atomic E-state index is 4.39. The number of allylic oxidation sites excluding steroid dienone is 1. The first-order valence-electron chi connectivity index (χ1n) is 4.90. The molecule has 1 aliphatic rings. The van der Waals surface area contributed by atoms with Crippen LogP contribution < -0.4 is 0 Å². The van der Waals surface area contributed by atoms with Crippen molar-refractivity contribution >= 4 is 18.1 Å². The number of aromatic amines is 1. The van der Waals surface area contributed by atoms with E-state index in [-0.39, 0.29) is 5.41 Å². The van der Waals surface area contributed by atoms with Crippen molar-refractivity contribution in [3.05, 3.63) is 18.1 Å². The van der Waals surface area contributed by atoms with Gasteiger partial charge in [-0.2, -0.15) is 0 Å². The zero-order valence-electron chi connectivity index (χ0n) is 8.78. The Bertz CT molecular complexity index is 356. The third kappa shape index (κ3) is 1.39. The van der Waals surface area contributed by atoms with Crippen molar-refractivity contribution in [3.8, 4) is 0 Å². The molecule has 74 valence electrons. The quantitative estimate of drug-likeness (QED) is 0.725. The molecule has 14 heavy (non-hydrogen) atoms. The van der Waals surface area contributed by atoms with Crippen LogP contribution in [-0.4, -0.2) is 16.2 Å². The lowest BCUT2D eigenvalue weighted by molar-refractivity contribution is 0.426. The summed E-state index contributed by atoms with van der Waals surface area (Å²) in [5, 5.41) is 0. The maximum absolute atomic E-state index is 4.39. The first kappa shape index (κ1) is 9.19. The minimum Gasteiger partial charge on any atom is -0.343 e. The number of nitrogens with one attached hydrogen (secondary N) is 1. The van der Waals surface area contributed by atoms with Crippen molar-refractivity contribution in [2.75, 3.05) is 0 Å². The highest BCUT2D eigenvalue weighted by Crippen LogP contribution is 2.31. The first-order valence-corrected chi connectivity index (χ1v) is 4.90. The fraction of sp³-hybridized carbons (Fsp3) is 0.455. The number of fused-ring (bicyclic) bond motifs is 1. The van der Waals surface area contributed by atoms with Gasteiger partial charge in [-0.15, -0.1) is 0 Å². The van der Waals surface area contributed by atoms with Crippen molar-refractivity contribution in [1.29, 1.82) is 0 Å². The summed E-state index contributed by atoms with van der Waals surface area (Å²) in [6.07, 6.45) is 7.91. The molecule has 0 saturated heterocycles. The largest absolute Gasteiger partial charge is 0.343 e. The molecule has 0 aliphatic carbocycles. The summed E-state index contributed by atoms with van der Waals surface area (Å²) in [6, 6.07) is 0. The van der Waals surface area contributed by atoms with Gasteiger partial charge in [0.25, 0.3) is 0 Å². The summed E-state index contributed by atoms with van der Waals surface area (Å²) in [4.78, 5) is 11.6. The van der Waals surface area contributed by atoms with Gasteiger partial charge in [-0.05, 0) is 12.0 Å². The number of aliphatic imine (C=N–C) groups is 1. The van der Waals surface area contributed by atoms with E-state index in [4.69, 9.17) is 0 Å². The van der Waals surface area contributed by atoms with Gasteiger partial charge < -0.3 is 4.98 Å². The van der Waals surface area contributed by atoms with Gasteiger partial charge in [-0.3, -0.25) is 0 Å². The lowest BCUT2D eigenvalue weighted by atomic mass is 9.80. The van der Waals surface area contributed by atoms with Gasteiger partial charge in [0.15, 0.2) is 5.82 Å². The van der Waals surface area contributed by atoms with Crippen LogP contribution in [0, 0.1) is 11.3 Å². The van der Waals surface area contributed by atoms with E-state index in [2.05, 4.69) is 47.9 Å². The molecule has 2 rings (SSSR count). The molecule has 0 saturated carbocycles. The number of hydrogen-bond donors (Lipinski definition) is 1. The number of aromatic nitrogens is 2. The summed E-state index contributed by atoms with van der Waals surface area (Å²) in [7, 11) is 0. The van der Waals surface area contributed by atoms with Crippen LogP contribution in [0.1, 0.15) is 26.5 Å². The number of H-pyrrole nitrogens is 1. The maximum Gasteiger partial charge on any atom is 0.177 e. The molecule has 0 aromatic carbocycles. The van der Waals surface area contributed by atoms with Crippen molar-refractivity contribution < 1.29 is 0 Å². The van der Waals surface area contributed by atoms with Crippen LogP contribution in [0.4, 0.5) is 5.82 Å². The number of hydrogen-bond acceptors (Lipinski definition) is 2. The normalized spacial score (nSPS) is 25.1. The molecule has 3 nitrogen and oxygen atoms in total. The Hall–Kier alpha value is -1.38. The summed E-state index contributed by atoms with van der Waals surface area (Å²) in [5.74, 6) is 1.32. The van der Waals surface area contributed by atoms with E-state index >= 15 is 0 Å². The average molecular weight is 189 g/mol. The van der Waals surface area contributed by atoms with Gasteiger partial charge in [-0.25, -0.2) is 9.98 Å². The number of imidazole rings is 1. The summed E-state index contributed by atoms with van der Waals surface area (Å²) in [5.41, 5.74) is 1.02. The van der Waals surface area contributed by atoms with Crippen molar-refractivity contribution in [2.45, 2.75) is 20.8 Å². The Labute approximate surface area is 84.0 Å². The molecule has 1 N–H and O–H groups in total. The van der Waals surface area contributed by atoms with Crippen molar-refractivity contribution in [3.63, 3.8) is 0 Å². The molecule has 1 atom stereocenters. The predicted octanol–water partition coefficient (Wildman–Crippen LogP) is 2.80. The average Bonchev–Trinajstić information content (AvgIpc) is 2.53. The molecule has 3 heteroatoms. The molecule has 2 heterocycles. The van der Waals surface area contributed by atoms with Gasteiger partial charge in [0.1, 0.15) is 0 Å². The summed E-state index contributed by atoms with van der Waals surface area (Å²) in [6.45, 7) is 6.58. The molecule has 0 radical (unpaired) electrons. The lowest BCUT2D eigenvalue weighted by Gasteiger charge is -2.24. The fourth-order valence-electron chi connectivity index (χ4n) is 1.37. The van der Waals surface area contributed by atoms with Crippen LogP contribution >= 0.6 is 0 Å². The highest BCUT2D eigenvalue weighted by atomic mass is 15.0. The van der Waals surface area contributed by atoms with E-state index in [1.54, 1.807) is 6.33 Å². The Morgan fingerprint density at radius 1 is 1.43 bits per heavy atom. The standard InChI is InChI=1S/C11H15N3/c1-8(2)11(3)5-4-9-10(12-6-11)14-7-13-9/h4-8H,1-3H3,(H,13,14). The molecule has 1 aromatic rings. The first-order chi connectivity index (χ1) is 6.62. The number of rotatable bonds is 1. The Kier molecular flexibility index (Phi) is 2.02. The Morgan fingerprint density at radius 3 is 2.93 bits per heavy atom. The van der Waals surface area contributed by atoms with E-state index in [1.165, 1.54) is 0 Å². The Morgan fingerprint density at radius 2 is 2.21 bits per heavy atom. The minimum absolute atomic E-state index is 0.0293. The smallest absolute Gasteiger partial charge is 0.177 e. The van der Waals surface area contributed by atoms with Crippen LogP contribution in [0.3, 0.4) is 0 Å². The van der Waals surface area contributed by atoms with Gasteiger partial charge >= 0.3 is 0 Å². The predicted molar refractivity (Wildman–Crippen MR) is 58.7 cm³/mol. The third-order valence-corrected chi connectivity index (χ3v) is 2.97. The summed E-state index contributed by atoms with van der Waals surface area (Å²) >= 11 is 0. The molecule has 1 unspecified atom stereocenters. The van der Waals surface area contributed by atoms with E-state index in [0.29, 0.717) is 5.92 Å². The monoisotopic (exact) mass is 189 g/mol. The van der Waals surface area contributed by atoms with E-state index in [0.717, 1.165) is 11.5 Å². The Balaban J connectivity index is 2.42. The number of nitrogens with zero attached hydrogens (tertiary/aromatic N) is 2. The summed E-state index contributed by atoms with van der Waals surface area (Å²) < 4.78 is 0. The zero-order valence-corrected chi connectivity index (χ0v) is 8.78.